The van der Waals surface area contributed by atoms with Crippen molar-refractivity contribution in [2.24, 2.45) is 0 Å². The van der Waals surface area contributed by atoms with Crippen LogP contribution in [0.15, 0.2) is 60.9 Å². The molecule has 3 aromatic heterocycles. The number of pyridine rings is 1. The number of halogens is 4. The summed E-state index contributed by atoms with van der Waals surface area (Å²) in [6.07, 6.45) is -1.57. The van der Waals surface area contributed by atoms with Gasteiger partial charge in [-0.25, -0.2) is 9.50 Å². The molecule has 0 radical (unpaired) electrons. The molecular formula is C18H10ClF3N4. The summed E-state index contributed by atoms with van der Waals surface area (Å²) in [5.74, 6) is 0. The molecule has 4 nitrogen and oxygen atoms in total. The zero-order valence-corrected chi connectivity index (χ0v) is 13.8. The Kier molecular flexibility index (Phi) is 3.88. The summed E-state index contributed by atoms with van der Waals surface area (Å²) < 4.78 is 41.5. The lowest BCUT2D eigenvalue weighted by Crippen LogP contribution is -2.13. The van der Waals surface area contributed by atoms with Crippen LogP contribution in [0.2, 0.25) is 5.02 Å². The summed E-state index contributed by atoms with van der Waals surface area (Å²) in [5, 5.41) is 4.63. The van der Waals surface area contributed by atoms with Crippen LogP contribution in [-0.4, -0.2) is 19.6 Å². The summed E-state index contributed by atoms with van der Waals surface area (Å²) in [6.45, 7) is 0. The van der Waals surface area contributed by atoms with Gasteiger partial charge in [-0.1, -0.05) is 23.7 Å². The molecular weight excluding hydrogens is 365 g/mol. The molecule has 0 spiro atoms. The molecule has 0 saturated heterocycles. The van der Waals surface area contributed by atoms with Crippen LogP contribution in [0.4, 0.5) is 13.2 Å². The van der Waals surface area contributed by atoms with E-state index in [-0.39, 0.29) is 11.3 Å². The highest BCUT2D eigenvalue weighted by atomic mass is 35.5. The summed E-state index contributed by atoms with van der Waals surface area (Å²) >= 11 is 5.86. The van der Waals surface area contributed by atoms with E-state index in [1.54, 1.807) is 36.4 Å². The standard InChI is InChI=1S/C18H10ClF3N4/c19-13-3-1-11(2-4-13)15-10-17-24-14(12-5-7-23-8-6-12)9-16(18(20,21)22)26(17)25-15/h1-10H. The summed E-state index contributed by atoms with van der Waals surface area (Å²) in [4.78, 5) is 8.21. The van der Waals surface area contributed by atoms with Gasteiger partial charge in [-0.2, -0.15) is 18.3 Å². The van der Waals surface area contributed by atoms with E-state index in [2.05, 4.69) is 15.1 Å². The van der Waals surface area contributed by atoms with E-state index >= 15 is 0 Å². The fourth-order valence-corrected chi connectivity index (χ4v) is 2.73. The number of hydrogen-bond acceptors (Lipinski definition) is 3. The second-order valence-corrected chi connectivity index (χ2v) is 6.00. The Hall–Kier alpha value is -2.93. The second kappa shape index (κ2) is 6.10. The largest absolute Gasteiger partial charge is 0.433 e. The molecule has 0 aliphatic rings. The predicted molar refractivity (Wildman–Crippen MR) is 91.7 cm³/mol. The van der Waals surface area contributed by atoms with Gasteiger partial charge in [-0.05, 0) is 30.3 Å². The van der Waals surface area contributed by atoms with Gasteiger partial charge in [0.1, 0.15) is 0 Å². The summed E-state index contributed by atoms with van der Waals surface area (Å²) in [6, 6.07) is 12.4. The topological polar surface area (TPSA) is 43.1 Å². The number of fused-ring (bicyclic) bond motifs is 1. The SMILES string of the molecule is FC(F)(F)c1cc(-c2ccncc2)nc2cc(-c3ccc(Cl)cc3)nn12. The average molecular weight is 375 g/mol. The molecule has 0 atom stereocenters. The molecule has 0 fully saturated rings. The van der Waals surface area contributed by atoms with Crippen molar-refractivity contribution in [1.82, 2.24) is 19.6 Å². The lowest BCUT2D eigenvalue weighted by atomic mass is 10.1. The maximum Gasteiger partial charge on any atom is 0.433 e. The third kappa shape index (κ3) is 3.01. The summed E-state index contributed by atoms with van der Waals surface area (Å²) in [7, 11) is 0. The van der Waals surface area contributed by atoms with Crippen molar-refractivity contribution in [2.75, 3.05) is 0 Å². The molecule has 0 bridgehead atoms. The fourth-order valence-electron chi connectivity index (χ4n) is 2.61. The van der Waals surface area contributed by atoms with Crippen LogP contribution in [0.1, 0.15) is 5.69 Å². The number of rotatable bonds is 2. The van der Waals surface area contributed by atoms with Gasteiger partial charge in [-0.3, -0.25) is 4.98 Å². The maximum atomic E-state index is 13.6. The Morgan fingerprint density at radius 3 is 2.15 bits per heavy atom. The molecule has 0 saturated carbocycles. The average Bonchev–Trinajstić information content (AvgIpc) is 3.05. The number of benzene rings is 1. The van der Waals surface area contributed by atoms with Crippen LogP contribution in [-0.2, 0) is 6.18 Å². The summed E-state index contributed by atoms with van der Waals surface area (Å²) in [5.41, 5.74) is 0.994. The number of nitrogens with zero attached hydrogens (tertiary/aromatic N) is 4. The van der Waals surface area contributed by atoms with Gasteiger partial charge in [0.05, 0.1) is 11.4 Å². The zero-order chi connectivity index (χ0) is 18.3. The van der Waals surface area contributed by atoms with Crippen molar-refractivity contribution in [3.05, 3.63) is 71.6 Å². The van der Waals surface area contributed by atoms with E-state index in [1.165, 1.54) is 18.5 Å². The lowest BCUT2D eigenvalue weighted by molar-refractivity contribution is -0.142. The quantitative estimate of drug-likeness (QED) is 0.488. The molecule has 0 N–H and O–H groups in total. The second-order valence-electron chi connectivity index (χ2n) is 5.57. The number of alkyl halides is 3. The van der Waals surface area contributed by atoms with Crippen molar-refractivity contribution in [3.8, 4) is 22.5 Å². The number of aromatic nitrogens is 4. The smallest absolute Gasteiger partial charge is 0.265 e. The number of hydrogen-bond donors (Lipinski definition) is 0. The van der Waals surface area contributed by atoms with Crippen LogP contribution >= 0.6 is 11.6 Å². The molecule has 4 aromatic rings. The zero-order valence-electron chi connectivity index (χ0n) is 13.1. The molecule has 4 rings (SSSR count). The highest BCUT2D eigenvalue weighted by Gasteiger charge is 2.35. The Morgan fingerprint density at radius 1 is 0.846 bits per heavy atom. The van der Waals surface area contributed by atoms with Gasteiger partial charge in [0.2, 0.25) is 0 Å². The first-order valence-electron chi connectivity index (χ1n) is 7.56. The first-order valence-corrected chi connectivity index (χ1v) is 7.94. The predicted octanol–water partition coefficient (Wildman–Crippen LogP) is 5.13. The van der Waals surface area contributed by atoms with Crippen LogP contribution in [0.3, 0.4) is 0 Å². The van der Waals surface area contributed by atoms with Gasteiger partial charge in [0, 0.05) is 34.6 Å². The molecule has 1 aromatic carbocycles. The Morgan fingerprint density at radius 2 is 1.50 bits per heavy atom. The first kappa shape index (κ1) is 16.5. The van der Waals surface area contributed by atoms with E-state index in [0.29, 0.717) is 21.8 Å². The van der Waals surface area contributed by atoms with E-state index in [0.717, 1.165) is 10.6 Å². The normalized spacial score (nSPS) is 11.8. The van der Waals surface area contributed by atoms with Gasteiger partial charge in [0.15, 0.2) is 11.3 Å². The fraction of sp³-hybridized carbons (Fsp3) is 0.0556. The van der Waals surface area contributed by atoms with Crippen molar-refractivity contribution in [2.45, 2.75) is 6.18 Å². The molecule has 3 heterocycles. The Labute approximate surface area is 150 Å². The molecule has 0 aliphatic carbocycles. The van der Waals surface area contributed by atoms with Gasteiger partial charge >= 0.3 is 6.18 Å². The van der Waals surface area contributed by atoms with Crippen LogP contribution in [0.5, 0.6) is 0 Å². The molecule has 130 valence electrons. The van der Waals surface area contributed by atoms with E-state index in [9.17, 15) is 13.2 Å². The minimum absolute atomic E-state index is 0.108. The van der Waals surface area contributed by atoms with E-state index in [4.69, 9.17) is 11.6 Å². The third-order valence-corrected chi connectivity index (χ3v) is 4.09. The van der Waals surface area contributed by atoms with Gasteiger partial charge < -0.3 is 0 Å². The monoisotopic (exact) mass is 374 g/mol. The Bertz CT molecular complexity index is 1070. The maximum absolute atomic E-state index is 13.6. The van der Waals surface area contributed by atoms with Crippen LogP contribution < -0.4 is 0 Å². The van der Waals surface area contributed by atoms with Crippen molar-refractivity contribution in [3.63, 3.8) is 0 Å². The van der Waals surface area contributed by atoms with Gasteiger partial charge in [-0.15, -0.1) is 0 Å². The molecule has 0 aliphatic heterocycles. The highest BCUT2D eigenvalue weighted by Crippen LogP contribution is 2.33. The molecule has 0 amide bonds. The van der Waals surface area contributed by atoms with Gasteiger partial charge in [0.25, 0.3) is 0 Å². The lowest BCUT2D eigenvalue weighted by Gasteiger charge is -2.10. The van der Waals surface area contributed by atoms with Crippen molar-refractivity contribution < 1.29 is 13.2 Å². The van der Waals surface area contributed by atoms with E-state index in [1.807, 2.05) is 0 Å². The molecule has 26 heavy (non-hydrogen) atoms. The third-order valence-electron chi connectivity index (χ3n) is 3.83. The minimum atomic E-state index is -4.58. The minimum Gasteiger partial charge on any atom is -0.265 e. The van der Waals surface area contributed by atoms with Crippen LogP contribution in [0.25, 0.3) is 28.2 Å². The van der Waals surface area contributed by atoms with Crippen LogP contribution in [0, 0.1) is 0 Å². The Balaban J connectivity index is 1.94. The van der Waals surface area contributed by atoms with E-state index < -0.39 is 11.9 Å². The molecule has 0 unspecified atom stereocenters. The molecule has 8 heteroatoms. The van der Waals surface area contributed by atoms with Crippen molar-refractivity contribution in [1.29, 1.82) is 0 Å². The highest BCUT2D eigenvalue weighted by molar-refractivity contribution is 6.30. The van der Waals surface area contributed by atoms with Crippen molar-refractivity contribution >= 4 is 17.2 Å². The first-order chi connectivity index (χ1) is 12.4.